The van der Waals surface area contributed by atoms with Crippen molar-refractivity contribution in [2.45, 2.75) is 6.42 Å². The van der Waals surface area contributed by atoms with Crippen molar-refractivity contribution in [3.05, 3.63) is 43.0 Å². The van der Waals surface area contributed by atoms with Crippen molar-refractivity contribution in [1.29, 1.82) is 0 Å². The molecule has 0 aliphatic heterocycles. The Labute approximate surface area is 106 Å². The molecule has 18 heavy (non-hydrogen) atoms. The Hall–Kier alpha value is -2.30. The SMILES string of the molecule is C=CCNC(=O)N(CCC(=O)O)c1ccccc1. The van der Waals surface area contributed by atoms with E-state index in [2.05, 4.69) is 11.9 Å². The minimum atomic E-state index is -0.938. The predicted molar refractivity (Wildman–Crippen MR) is 69.6 cm³/mol. The lowest BCUT2D eigenvalue weighted by Crippen LogP contribution is -2.41. The lowest BCUT2D eigenvalue weighted by molar-refractivity contribution is -0.136. The molecule has 1 aromatic rings. The van der Waals surface area contributed by atoms with Gasteiger partial charge in [-0.2, -0.15) is 0 Å². The van der Waals surface area contributed by atoms with Gasteiger partial charge in [-0.3, -0.25) is 9.69 Å². The fourth-order valence-electron chi connectivity index (χ4n) is 1.42. The maximum Gasteiger partial charge on any atom is 0.322 e. The molecule has 0 aromatic heterocycles. The van der Waals surface area contributed by atoms with Gasteiger partial charge in [0.05, 0.1) is 6.42 Å². The van der Waals surface area contributed by atoms with Crippen molar-refractivity contribution in [3.8, 4) is 0 Å². The van der Waals surface area contributed by atoms with Crippen LogP contribution in [0, 0.1) is 0 Å². The van der Waals surface area contributed by atoms with Gasteiger partial charge in [-0.25, -0.2) is 4.79 Å². The van der Waals surface area contributed by atoms with Crippen molar-refractivity contribution in [2.75, 3.05) is 18.0 Å². The Morgan fingerprint density at radius 2 is 2.00 bits per heavy atom. The smallest absolute Gasteiger partial charge is 0.322 e. The fraction of sp³-hybridized carbons (Fsp3) is 0.231. The number of hydrogen-bond donors (Lipinski definition) is 2. The van der Waals surface area contributed by atoms with Crippen LogP contribution < -0.4 is 10.2 Å². The highest BCUT2D eigenvalue weighted by Gasteiger charge is 2.15. The molecule has 5 nitrogen and oxygen atoms in total. The van der Waals surface area contributed by atoms with Crippen LogP contribution >= 0.6 is 0 Å². The highest BCUT2D eigenvalue weighted by molar-refractivity contribution is 5.92. The van der Waals surface area contributed by atoms with E-state index >= 15 is 0 Å². The van der Waals surface area contributed by atoms with Gasteiger partial charge < -0.3 is 10.4 Å². The van der Waals surface area contributed by atoms with Crippen molar-refractivity contribution in [3.63, 3.8) is 0 Å². The van der Waals surface area contributed by atoms with Gasteiger partial charge >= 0.3 is 12.0 Å². The zero-order chi connectivity index (χ0) is 13.4. The topological polar surface area (TPSA) is 69.6 Å². The molecule has 5 heteroatoms. The second-order valence-electron chi connectivity index (χ2n) is 3.61. The number of urea groups is 1. The summed E-state index contributed by atoms with van der Waals surface area (Å²) in [5.74, 6) is -0.938. The lowest BCUT2D eigenvalue weighted by atomic mass is 10.3. The monoisotopic (exact) mass is 248 g/mol. The summed E-state index contributed by atoms with van der Waals surface area (Å²) in [4.78, 5) is 23.9. The minimum absolute atomic E-state index is 0.101. The van der Waals surface area contributed by atoms with Crippen LogP contribution in [0.2, 0.25) is 0 Å². The Morgan fingerprint density at radius 3 is 2.56 bits per heavy atom. The van der Waals surface area contributed by atoms with Crippen LogP contribution in [0.15, 0.2) is 43.0 Å². The van der Waals surface area contributed by atoms with Crippen molar-refractivity contribution in [2.24, 2.45) is 0 Å². The van der Waals surface area contributed by atoms with Crippen LogP contribution in [-0.4, -0.2) is 30.2 Å². The van der Waals surface area contributed by atoms with Gasteiger partial charge in [-0.1, -0.05) is 24.3 Å². The van der Waals surface area contributed by atoms with E-state index in [9.17, 15) is 9.59 Å². The number of carboxylic acid groups (broad SMARTS) is 1. The molecule has 0 radical (unpaired) electrons. The molecule has 2 N–H and O–H groups in total. The number of nitrogens with one attached hydrogen (secondary N) is 1. The maximum atomic E-state index is 11.9. The number of carboxylic acids is 1. The second kappa shape index (κ2) is 7.11. The molecule has 96 valence electrons. The van der Waals surface area contributed by atoms with Crippen LogP contribution in [0.5, 0.6) is 0 Å². The average molecular weight is 248 g/mol. The number of amides is 2. The molecule has 0 unspecified atom stereocenters. The van der Waals surface area contributed by atoms with Crippen LogP contribution in [0.3, 0.4) is 0 Å². The van der Waals surface area contributed by atoms with Crippen LogP contribution in [0.4, 0.5) is 10.5 Å². The molecule has 0 saturated carbocycles. The van der Waals surface area contributed by atoms with Gasteiger partial charge in [0.25, 0.3) is 0 Å². The molecule has 0 aliphatic carbocycles. The van der Waals surface area contributed by atoms with Gasteiger partial charge in [0.2, 0.25) is 0 Å². The fourth-order valence-corrected chi connectivity index (χ4v) is 1.42. The molecule has 0 fully saturated rings. The number of carbonyl (C=O) groups is 2. The van der Waals surface area contributed by atoms with Crippen molar-refractivity contribution < 1.29 is 14.7 Å². The number of anilines is 1. The third kappa shape index (κ3) is 4.29. The summed E-state index contributed by atoms with van der Waals surface area (Å²) in [6.45, 7) is 3.98. The Kier molecular flexibility index (Phi) is 5.44. The summed E-state index contributed by atoms with van der Waals surface area (Å²) in [5.41, 5.74) is 0.667. The highest BCUT2D eigenvalue weighted by Crippen LogP contribution is 2.13. The molecule has 0 bridgehead atoms. The minimum Gasteiger partial charge on any atom is -0.481 e. The molecule has 1 aromatic carbocycles. The molecular weight excluding hydrogens is 232 g/mol. The number of hydrogen-bond acceptors (Lipinski definition) is 2. The summed E-state index contributed by atoms with van der Waals surface area (Å²) in [7, 11) is 0. The van der Waals surface area contributed by atoms with E-state index in [4.69, 9.17) is 5.11 Å². The van der Waals surface area contributed by atoms with Crippen LogP contribution in [-0.2, 0) is 4.79 Å². The van der Waals surface area contributed by atoms with E-state index in [0.29, 0.717) is 12.2 Å². The maximum absolute atomic E-state index is 11.9. The molecule has 0 saturated heterocycles. The molecule has 1 rings (SSSR count). The summed E-state index contributed by atoms with van der Waals surface area (Å²) in [5, 5.41) is 11.3. The van der Waals surface area contributed by atoms with Gasteiger partial charge in [0.1, 0.15) is 0 Å². The van der Waals surface area contributed by atoms with E-state index < -0.39 is 5.97 Å². The van der Waals surface area contributed by atoms with Crippen molar-refractivity contribution in [1.82, 2.24) is 5.32 Å². The van der Waals surface area contributed by atoms with Crippen LogP contribution in [0.1, 0.15) is 6.42 Å². The first-order valence-electron chi connectivity index (χ1n) is 5.58. The van der Waals surface area contributed by atoms with Gasteiger partial charge in [0, 0.05) is 18.8 Å². The number of nitrogens with zero attached hydrogens (tertiary/aromatic N) is 1. The summed E-state index contributed by atoms with van der Waals surface area (Å²) < 4.78 is 0. The summed E-state index contributed by atoms with van der Waals surface area (Å²) >= 11 is 0. The molecule has 0 spiro atoms. The van der Waals surface area contributed by atoms with E-state index in [1.54, 1.807) is 30.3 Å². The normalized spacial score (nSPS) is 9.56. The number of aliphatic carboxylic acids is 1. The third-order valence-corrected chi connectivity index (χ3v) is 2.26. The number of rotatable bonds is 6. The van der Waals surface area contributed by atoms with Crippen LogP contribution in [0.25, 0.3) is 0 Å². The van der Waals surface area contributed by atoms with Gasteiger partial charge in [-0.15, -0.1) is 6.58 Å². The molecule has 0 aliphatic rings. The van der Waals surface area contributed by atoms with E-state index in [1.165, 1.54) is 4.90 Å². The Morgan fingerprint density at radius 1 is 1.33 bits per heavy atom. The number of para-hydroxylation sites is 1. The van der Waals surface area contributed by atoms with Gasteiger partial charge in [-0.05, 0) is 12.1 Å². The first-order valence-corrected chi connectivity index (χ1v) is 5.58. The van der Waals surface area contributed by atoms with E-state index in [1.807, 2.05) is 6.07 Å². The first kappa shape index (κ1) is 13.8. The van der Waals surface area contributed by atoms with E-state index in [-0.39, 0.29) is 19.0 Å². The molecular formula is C13H16N2O3. The lowest BCUT2D eigenvalue weighted by Gasteiger charge is -2.22. The number of carbonyl (C=O) groups excluding carboxylic acids is 1. The predicted octanol–water partition coefficient (Wildman–Crippen LogP) is 1.86. The first-order chi connectivity index (χ1) is 8.65. The third-order valence-electron chi connectivity index (χ3n) is 2.26. The molecule has 0 heterocycles. The van der Waals surface area contributed by atoms with Crippen molar-refractivity contribution >= 4 is 17.7 Å². The summed E-state index contributed by atoms with van der Waals surface area (Å²) in [6.07, 6.45) is 1.47. The number of benzene rings is 1. The average Bonchev–Trinajstić information content (AvgIpc) is 2.37. The quantitative estimate of drug-likeness (QED) is 0.755. The Balaban J connectivity index is 2.77. The Bertz CT molecular complexity index is 418. The molecule has 2 amide bonds. The largest absolute Gasteiger partial charge is 0.481 e. The highest BCUT2D eigenvalue weighted by atomic mass is 16.4. The molecule has 0 atom stereocenters. The summed E-state index contributed by atoms with van der Waals surface area (Å²) in [6, 6.07) is 8.61. The van der Waals surface area contributed by atoms with E-state index in [0.717, 1.165) is 0 Å². The van der Waals surface area contributed by atoms with Gasteiger partial charge in [0.15, 0.2) is 0 Å². The standard InChI is InChI=1S/C13H16N2O3/c1-2-9-14-13(18)15(10-8-12(16)17)11-6-4-3-5-7-11/h2-7H,1,8-10H2,(H,14,18)(H,16,17). The second-order valence-corrected chi connectivity index (χ2v) is 3.61. The zero-order valence-corrected chi connectivity index (χ0v) is 10.0. The zero-order valence-electron chi connectivity index (χ0n) is 10.0.